The number of methoxy groups -OCH3 is 2. The van der Waals surface area contributed by atoms with Crippen molar-refractivity contribution in [1.29, 1.82) is 0 Å². The predicted octanol–water partition coefficient (Wildman–Crippen LogP) is 4.87. The van der Waals surface area contributed by atoms with Crippen LogP contribution in [-0.2, 0) is 4.79 Å². The van der Waals surface area contributed by atoms with Crippen molar-refractivity contribution in [1.82, 2.24) is 0 Å². The summed E-state index contributed by atoms with van der Waals surface area (Å²) >= 11 is 0. The lowest BCUT2D eigenvalue weighted by atomic mass is 9.85. The van der Waals surface area contributed by atoms with Gasteiger partial charge in [0, 0.05) is 17.0 Å². The molecule has 4 aromatic rings. The second-order valence-corrected chi connectivity index (χ2v) is 8.68. The summed E-state index contributed by atoms with van der Waals surface area (Å²) in [7, 11) is 3.08. The number of ether oxygens (including phenoxy) is 4. The van der Waals surface area contributed by atoms with Gasteiger partial charge in [0.25, 0.3) is 0 Å². The Kier molecular flexibility index (Phi) is 5.30. The molecule has 0 fully saturated rings. The third-order valence-electron chi connectivity index (χ3n) is 6.57. The molecule has 0 N–H and O–H groups in total. The number of carbonyl (C=O) groups is 2. The number of esters is 1. The van der Waals surface area contributed by atoms with Gasteiger partial charge in [-0.25, -0.2) is 0 Å². The van der Waals surface area contributed by atoms with E-state index in [-0.39, 0.29) is 40.5 Å². The molecular weight excluding hydrogens is 476 g/mol. The number of rotatable bonds is 4. The average molecular weight is 496 g/mol. The first-order chi connectivity index (χ1) is 18.0. The molecule has 1 atom stereocenters. The quantitative estimate of drug-likeness (QED) is 0.224. The number of carbonyl (C=O) groups excluding carboxylic acids is 2. The Hall–Kier alpha value is -4.85. The lowest BCUT2D eigenvalue weighted by Gasteiger charge is -2.25. The van der Waals surface area contributed by atoms with Gasteiger partial charge in [0.05, 0.1) is 37.9 Å². The van der Waals surface area contributed by atoms with Crippen molar-refractivity contribution in [3.63, 3.8) is 0 Å². The highest BCUT2D eigenvalue weighted by molar-refractivity contribution is 6.15. The highest BCUT2D eigenvalue weighted by Gasteiger charge is 2.39. The van der Waals surface area contributed by atoms with Gasteiger partial charge in [-0.15, -0.1) is 0 Å². The standard InChI is InChI=1S/C29H20O8/c1-33-16-5-3-15(4-6-16)11-24-28(32)18-8-10-23-26(29(18)37-24)19(13-25(30)36-23)21-14-35-22-9-7-17(34-2)12-20(22)27(21)31/h3-12,14,19H,13H2,1-2H3. The Bertz CT molecular complexity index is 1680. The number of hydrogen-bond donors (Lipinski definition) is 0. The van der Waals surface area contributed by atoms with Crippen LogP contribution in [0.1, 0.15) is 39.4 Å². The van der Waals surface area contributed by atoms with E-state index in [9.17, 15) is 14.4 Å². The number of benzene rings is 3. The smallest absolute Gasteiger partial charge is 0.312 e. The van der Waals surface area contributed by atoms with Crippen LogP contribution in [0.4, 0.5) is 0 Å². The van der Waals surface area contributed by atoms with E-state index in [1.807, 2.05) is 0 Å². The minimum Gasteiger partial charge on any atom is -0.497 e. The summed E-state index contributed by atoms with van der Waals surface area (Å²) in [5.41, 5.74) is 1.88. The molecule has 3 heterocycles. The van der Waals surface area contributed by atoms with E-state index in [0.29, 0.717) is 33.6 Å². The summed E-state index contributed by atoms with van der Waals surface area (Å²) in [5.74, 6) is 0.290. The molecule has 0 aliphatic carbocycles. The number of Topliss-reactive ketones (excluding diaryl/α,β-unsaturated/α-hetero) is 1. The summed E-state index contributed by atoms with van der Waals surface area (Å²) in [6, 6.07) is 15.2. The molecule has 0 radical (unpaired) electrons. The molecule has 0 saturated heterocycles. The molecule has 6 rings (SSSR count). The van der Waals surface area contributed by atoms with Gasteiger partial charge in [0.1, 0.15) is 28.6 Å². The zero-order chi connectivity index (χ0) is 25.7. The van der Waals surface area contributed by atoms with Gasteiger partial charge in [-0.05, 0) is 54.1 Å². The van der Waals surface area contributed by atoms with Crippen molar-refractivity contribution in [3.05, 3.63) is 99.1 Å². The second-order valence-electron chi connectivity index (χ2n) is 8.68. The van der Waals surface area contributed by atoms with Gasteiger partial charge in [-0.3, -0.25) is 14.4 Å². The van der Waals surface area contributed by atoms with Gasteiger partial charge in [0.15, 0.2) is 11.2 Å². The Morgan fingerprint density at radius 1 is 0.892 bits per heavy atom. The minimum absolute atomic E-state index is 0.112. The van der Waals surface area contributed by atoms with Crippen LogP contribution in [-0.4, -0.2) is 26.0 Å². The van der Waals surface area contributed by atoms with Crippen molar-refractivity contribution in [2.75, 3.05) is 14.2 Å². The molecule has 3 aromatic carbocycles. The fourth-order valence-electron chi connectivity index (χ4n) is 4.72. The maximum Gasteiger partial charge on any atom is 0.312 e. The van der Waals surface area contributed by atoms with Crippen LogP contribution in [0.3, 0.4) is 0 Å². The highest BCUT2D eigenvalue weighted by atomic mass is 16.5. The Labute approximate surface area is 210 Å². The van der Waals surface area contributed by atoms with E-state index in [1.54, 1.807) is 67.8 Å². The largest absolute Gasteiger partial charge is 0.497 e. The van der Waals surface area contributed by atoms with Crippen molar-refractivity contribution in [2.24, 2.45) is 0 Å². The summed E-state index contributed by atoms with van der Waals surface area (Å²) in [6.45, 7) is 0. The molecule has 8 heteroatoms. The SMILES string of the molecule is COc1ccc(C=C2Oc3c(ccc4c3C(c3coc5ccc(OC)cc5c3=O)CC(=O)O4)C2=O)cc1. The normalized spacial score (nSPS) is 17.2. The van der Waals surface area contributed by atoms with Gasteiger partial charge >= 0.3 is 5.97 Å². The molecule has 0 amide bonds. The summed E-state index contributed by atoms with van der Waals surface area (Å²) in [6.07, 6.45) is 2.88. The molecule has 184 valence electrons. The fraction of sp³-hybridized carbons (Fsp3) is 0.138. The van der Waals surface area contributed by atoms with Crippen molar-refractivity contribution in [2.45, 2.75) is 12.3 Å². The molecule has 0 saturated carbocycles. The van der Waals surface area contributed by atoms with E-state index >= 15 is 0 Å². The molecule has 1 aromatic heterocycles. The molecule has 2 aliphatic heterocycles. The zero-order valence-electron chi connectivity index (χ0n) is 19.9. The van der Waals surface area contributed by atoms with E-state index in [2.05, 4.69) is 0 Å². The monoisotopic (exact) mass is 496 g/mol. The summed E-state index contributed by atoms with van der Waals surface area (Å²) in [5, 5.41) is 0.321. The second kappa shape index (κ2) is 8.67. The lowest BCUT2D eigenvalue weighted by Crippen LogP contribution is -2.25. The van der Waals surface area contributed by atoms with Gasteiger partial charge in [0.2, 0.25) is 5.78 Å². The molecule has 2 aliphatic rings. The average Bonchev–Trinajstić information content (AvgIpc) is 3.23. The minimum atomic E-state index is -0.730. The molecule has 37 heavy (non-hydrogen) atoms. The van der Waals surface area contributed by atoms with Crippen LogP contribution in [0, 0.1) is 0 Å². The molecule has 0 bridgehead atoms. The van der Waals surface area contributed by atoms with E-state index in [1.165, 1.54) is 13.4 Å². The van der Waals surface area contributed by atoms with Gasteiger partial charge in [-0.1, -0.05) is 12.1 Å². The van der Waals surface area contributed by atoms with Crippen LogP contribution in [0.2, 0.25) is 0 Å². The molecule has 1 unspecified atom stereocenters. The molecular formula is C29H20O8. The Morgan fingerprint density at radius 3 is 2.41 bits per heavy atom. The first-order valence-electron chi connectivity index (χ1n) is 11.5. The highest BCUT2D eigenvalue weighted by Crippen LogP contribution is 2.48. The Balaban J connectivity index is 1.47. The van der Waals surface area contributed by atoms with Crippen molar-refractivity contribution >= 4 is 28.8 Å². The van der Waals surface area contributed by atoms with Crippen LogP contribution in [0.15, 0.2) is 75.8 Å². The predicted molar refractivity (Wildman–Crippen MR) is 134 cm³/mol. The van der Waals surface area contributed by atoms with E-state index in [0.717, 1.165) is 5.56 Å². The first-order valence-corrected chi connectivity index (χ1v) is 11.5. The first kappa shape index (κ1) is 22.6. The van der Waals surface area contributed by atoms with Gasteiger partial charge < -0.3 is 23.4 Å². The topological polar surface area (TPSA) is 101 Å². The van der Waals surface area contributed by atoms with Crippen LogP contribution in [0.25, 0.3) is 17.0 Å². The lowest BCUT2D eigenvalue weighted by molar-refractivity contribution is -0.135. The van der Waals surface area contributed by atoms with Crippen molar-refractivity contribution < 1.29 is 33.0 Å². The summed E-state index contributed by atoms with van der Waals surface area (Å²) in [4.78, 5) is 39.3. The van der Waals surface area contributed by atoms with Gasteiger partial charge in [-0.2, -0.15) is 0 Å². The van der Waals surface area contributed by atoms with Crippen LogP contribution < -0.4 is 24.4 Å². The van der Waals surface area contributed by atoms with Crippen molar-refractivity contribution in [3.8, 4) is 23.0 Å². The third-order valence-corrected chi connectivity index (χ3v) is 6.57. The number of hydrogen-bond acceptors (Lipinski definition) is 8. The number of allylic oxidation sites excluding steroid dienone is 1. The van der Waals surface area contributed by atoms with E-state index < -0.39 is 11.9 Å². The maximum atomic E-state index is 13.5. The molecule has 0 spiro atoms. The van der Waals surface area contributed by atoms with Crippen LogP contribution in [0.5, 0.6) is 23.0 Å². The maximum absolute atomic E-state index is 13.5. The number of ketones is 1. The van der Waals surface area contributed by atoms with Crippen LogP contribution >= 0.6 is 0 Å². The fourth-order valence-corrected chi connectivity index (χ4v) is 4.72. The Morgan fingerprint density at radius 2 is 1.65 bits per heavy atom. The summed E-state index contributed by atoms with van der Waals surface area (Å²) < 4.78 is 27.7. The van der Waals surface area contributed by atoms with E-state index in [4.69, 9.17) is 23.4 Å². The zero-order valence-corrected chi connectivity index (χ0v) is 19.9. The third kappa shape index (κ3) is 3.74. The number of fused-ring (bicyclic) bond motifs is 4. The molecule has 8 nitrogen and oxygen atoms in total.